The van der Waals surface area contributed by atoms with Crippen LogP contribution in [0.3, 0.4) is 0 Å². The maximum absolute atomic E-state index is 12.8. The van der Waals surface area contributed by atoms with E-state index in [1.54, 1.807) is 32.9 Å². The largest absolute Gasteiger partial charge is 0.457 e. The minimum atomic E-state index is -1.28. The van der Waals surface area contributed by atoms with Gasteiger partial charge in [0, 0.05) is 17.4 Å². The molecular weight excluding hydrogens is 336 g/mol. The van der Waals surface area contributed by atoms with Crippen LogP contribution < -0.4 is 0 Å². The minimum absolute atomic E-state index is 0.0120. The van der Waals surface area contributed by atoms with Crippen LogP contribution in [0.2, 0.25) is 0 Å². The molecular formula is C20H24O6. The average Bonchev–Trinajstić information content (AvgIpc) is 2.95. The van der Waals surface area contributed by atoms with E-state index in [2.05, 4.69) is 0 Å². The van der Waals surface area contributed by atoms with E-state index < -0.39 is 40.8 Å². The standard InChI is InChI=1S/C20H24O6/c1-6-10(2)15(22)25-17-19(5)11(3)7-14(21)8-13(19)9-20(17)12(4)16(23)26-18(20)24/h6,8,11-12,17H,7,9H2,1-5H3/b10-6-/t11?,12?,17-,19?,20?/m0/s1. The van der Waals surface area contributed by atoms with Crippen LogP contribution in [0.15, 0.2) is 23.3 Å². The quantitative estimate of drug-likeness (QED) is 0.427. The second kappa shape index (κ2) is 5.89. The first kappa shape index (κ1) is 18.5. The third-order valence-corrected chi connectivity index (χ3v) is 6.73. The number of ketones is 1. The molecule has 3 rings (SSSR count). The maximum atomic E-state index is 12.8. The van der Waals surface area contributed by atoms with Gasteiger partial charge in [0.15, 0.2) is 5.78 Å². The first-order chi connectivity index (χ1) is 12.1. The normalized spacial score (nSPS) is 39.7. The summed E-state index contributed by atoms with van der Waals surface area (Å²) in [6.07, 6.45) is 2.84. The smallest absolute Gasteiger partial charge is 0.333 e. The Bertz CT molecular complexity index is 775. The van der Waals surface area contributed by atoms with Gasteiger partial charge in [-0.05, 0) is 32.3 Å². The lowest BCUT2D eigenvalue weighted by Gasteiger charge is -2.42. The van der Waals surface area contributed by atoms with Gasteiger partial charge in [-0.1, -0.05) is 32.4 Å². The Kier molecular flexibility index (Phi) is 4.20. The van der Waals surface area contributed by atoms with Crippen molar-refractivity contribution in [3.8, 4) is 0 Å². The number of cyclic esters (lactones) is 2. The van der Waals surface area contributed by atoms with Gasteiger partial charge < -0.3 is 9.47 Å². The molecule has 0 amide bonds. The molecule has 0 radical (unpaired) electrons. The second-order valence-electron chi connectivity index (χ2n) is 7.93. The Morgan fingerprint density at radius 3 is 2.50 bits per heavy atom. The fourth-order valence-electron chi connectivity index (χ4n) is 4.62. The van der Waals surface area contributed by atoms with Gasteiger partial charge in [0.25, 0.3) is 0 Å². The molecule has 1 aliphatic heterocycles. The number of esters is 3. The SMILES string of the molecule is C/C=C(/C)C(=O)O[C@H]1C2(C)C(=CC(=O)CC2C)CC12C(=O)OC(=O)C2C. The molecule has 6 heteroatoms. The van der Waals surface area contributed by atoms with Crippen molar-refractivity contribution < 1.29 is 28.7 Å². The Morgan fingerprint density at radius 2 is 1.96 bits per heavy atom. The van der Waals surface area contributed by atoms with Crippen LogP contribution in [0.4, 0.5) is 0 Å². The van der Waals surface area contributed by atoms with E-state index >= 15 is 0 Å². The van der Waals surface area contributed by atoms with E-state index in [1.165, 1.54) is 0 Å². The van der Waals surface area contributed by atoms with Crippen molar-refractivity contribution >= 4 is 23.7 Å². The summed E-state index contributed by atoms with van der Waals surface area (Å²) >= 11 is 0. The molecule has 0 bridgehead atoms. The zero-order valence-corrected chi connectivity index (χ0v) is 15.8. The summed E-state index contributed by atoms with van der Waals surface area (Å²) in [5.41, 5.74) is -0.794. The molecule has 0 aromatic rings. The number of hydrogen-bond acceptors (Lipinski definition) is 6. The molecule has 26 heavy (non-hydrogen) atoms. The van der Waals surface area contributed by atoms with Crippen LogP contribution in [0.25, 0.3) is 0 Å². The van der Waals surface area contributed by atoms with E-state index in [9.17, 15) is 19.2 Å². The molecule has 0 aromatic carbocycles. The van der Waals surface area contributed by atoms with Gasteiger partial charge in [-0.25, -0.2) is 4.79 Å². The highest BCUT2D eigenvalue weighted by atomic mass is 16.6. The van der Waals surface area contributed by atoms with Gasteiger partial charge in [0.05, 0.1) is 5.92 Å². The summed E-state index contributed by atoms with van der Waals surface area (Å²) in [7, 11) is 0. The summed E-state index contributed by atoms with van der Waals surface area (Å²) in [6.45, 7) is 8.82. The van der Waals surface area contributed by atoms with Crippen molar-refractivity contribution in [2.45, 2.75) is 53.6 Å². The lowest BCUT2D eigenvalue weighted by Crippen LogP contribution is -2.51. The number of hydrogen-bond donors (Lipinski definition) is 0. The molecule has 0 aromatic heterocycles. The molecule has 2 aliphatic carbocycles. The number of carbonyl (C=O) groups excluding carboxylic acids is 4. The van der Waals surface area contributed by atoms with E-state index in [0.717, 1.165) is 5.57 Å². The first-order valence-corrected chi connectivity index (χ1v) is 8.92. The molecule has 3 aliphatic rings. The molecule has 1 saturated carbocycles. The topological polar surface area (TPSA) is 86.7 Å². The van der Waals surface area contributed by atoms with E-state index in [-0.39, 0.29) is 18.1 Å². The Labute approximate surface area is 152 Å². The van der Waals surface area contributed by atoms with Crippen molar-refractivity contribution in [1.82, 2.24) is 0 Å². The van der Waals surface area contributed by atoms with Crippen LogP contribution in [0.5, 0.6) is 0 Å². The van der Waals surface area contributed by atoms with Crippen LogP contribution >= 0.6 is 0 Å². The van der Waals surface area contributed by atoms with E-state index in [1.807, 2.05) is 13.8 Å². The van der Waals surface area contributed by atoms with Crippen LogP contribution in [0, 0.1) is 22.7 Å². The van der Waals surface area contributed by atoms with Gasteiger partial charge in [0.2, 0.25) is 0 Å². The molecule has 1 spiro atoms. The molecule has 5 atom stereocenters. The summed E-state index contributed by atoms with van der Waals surface area (Å²) in [5, 5.41) is 0. The number of ether oxygens (including phenoxy) is 2. The van der Waals surface area contributed by atoms with Gasteiger partial charge in [-0.15, -0.1) is 0 Å². The summed E-state index contributed by atoms with van der Waals surface area (Å²) in [4.78, 5) is 49.5. The van der Waals surface area contributed by atoms with Crippen molar-refractivity contribution in [2.75, 3.05) is 0 Å². The van der Waals surface area contributed by atoms with Gasteiger partial charge in [0.1, 0.15) is 11.5 Å². The lowest BCUT2D eigenvalue weighted by molar-refractivity contribution is -0.169. The molecule has 140 valence electrons. The molecule has 6 nitrogen and oxygen atoms in total. The minimum Gasteiger partial charge on any atom is -0.457 e. The number of fused-ring (bicyclic) bond motifs is 1. The van der Waals surface area contributed by atoms with Crippen molar-refractivity contribution in [3.05, 3.63) is 23.3 Å². The van der Waals surface area contributed by atoms with Crippen molar-refractivity contribution in [3.63, 3.8) is 0 Å². The van der Waals surface area contributed by atoms with Crippen LogP contribution in [-0.4, -0.2) is 29.8 Å². The molecule has 1 saturated heterocycles. The number of rotatable bonds is 2. The van der Waals surface area contributed by atoms with Gasteiger partial charge >= 0.3 is 17.9 Å². The Hall–Kier alpha value is -2.24. The fourth-order valence-corrected chi connectivity index (χ4v) is 4.62. The van der Waals surface area contributed by atoms with Crippen LogP contribution in [0.1, 0.15) is 47.5 Å². The number of allylic oxidation sites excluding steroid dienone is 2. The third kappa shape index (κ3) is 2.24. The molecule has 4 unspecified atom stereocenters. The number of carbonyl (C=O) groups is 4. The predicted octanol–water partition coefficient (Wildman–Crippen LogP) is 2.52. The molecule has 1 heterocycles. The zero-order valence-electron chi connectivity index (χ0n) is 15.8. The summed E-state index contributed by atoms with van der Waals surface area (Å²) in [6, 6.07) is 0. The second-order valence-corrected chi connectivity index (χ2v) is 7.93. The van der Waals surface area contributed by atoms with E-state index in [4.69, 9.17) is 9.47 Å². The monoisotopic (exact) mass is 360 g/mol. The summed E-state index contributed by atoms with van der Waals surface area (Å²) in [5.74, 6) is -2.69. The highest BCUT2D eigenvalue weighted by Crippen LogP contribution is 2.64. The highest BCUT2D eigenvalue weighted by molar-refractivity contribution is 6.01. The lowest BCUT2D eigenvalue weighted by atomic mass is 9.64. The van der Waals surface area contributed by atoms with Crippen molar-refractivity contribution in [1.29, 1.82) is 0 Å². The Morgan fingerprint density at radius 1 is 1.31 bits per heavy atom. The summed E-state index contributed by atoms with van der Waals surface area (Å²) < 4.78 is 10.8. The fraction of sp³-hybridized carbons (Fsp3) is 0.600. The molecule has 2 fully saturated rings. The predicted molar refractivity (Wildman–Crippen MR) is 91.6 cm³/mol. The van der Waals surface area contributed by atoms with Gasteiger partial charge in [-0.3, -0.25) is 14.4 Å². The molecule has 0 N–H and O–H groups in total. The Balaban J connectivity index is 2.17. The average molecular weight is 360 g/mol. The van der Waals surface area contributed by atoms with E-state index in [0.29, 0.717) is 12.0 Å². The van der Waals surface area contributed by atoms with Gasteiger partial charge in [-0.2, -0.15) is 0 Å². The van der Waals surface area contributed by atoms with Crippen LogP contribution in [-0.2, 0) is 28.7 Å². The third-order valence-electron chi connectivity index (χ3n) is 6.73. The maximum Gasteiger partial charge on any atom is 0.333 e. The van der Waals surface area contributed by atoms with Crippen molar-refractivity contribution in [2.24, 2.45) is 22.7 Å². The first-order valence-electron chi connectivity index (χ1n) is 8.92. The highest BCUT2D eigenvalue weighted by Gasteiger charge is 2.72. The zero-order chi connectivity index (χ0) is 19.4.